The van der Waals surface area contributed by atoms with Gasteiger partial charge in [0.15, 0.2) is 9.84 Å². The molecule has 0 radical (unpaired) electrons. The van der Waals surface area contributed by atoms with Crippen molar-refractivity contribution in [3.8, 4) is 5.75 Å². The highest BCUT2D eigenvalue weighted by molar-refractivity contribution is 7.92. The van der Waals surface area contributed by atoms with E-state index in [1.807, 2.05) is 0 Å². The topological polar surface area (TPSA) is 80.7 Å². The predicted molar refractivity (Wildman–Crippen MR) is 64.5 cm³/mol. The number of sulfone groups is 1. The summed E-state index contributed by atoms with van der Waals surface area (Å²) < 4.78 is 29.4. The number of rotatable bonds is 4. The Hall–Kier alpha value is -1.56. The molecule has 0 saturated carbocycles. The first kappa shape index (κ1) is 12.9. The first-order valence-electron chi connectivity index (χ1n) is 5.57. The van der Waals surface area contributed by atoms with Crippen molar-refractivity contribution in [3.63, 3.8) is 0 Å². The van der Waals surface area contributed by atoms with Crippen LogP contribution < -0.4 is 4.74 Å². The number of carbonyl (C=O) groups is 1. The van der Waals surface area contributed by atoms with E-state index in [1.54, 1.807) is 12.1 Å². The van der Waals surface area contributed by atoms with Crippen LogP contribution in [0.4, 0.5) is 0 Å². The molecule has 1 heterocycles. The summed E-state index contributed by atoms with van der Waals surface area (Å²) in [6, 6.07) is 4.84. The normalized spacial score (nSPS) is 20.4. The lowest BCUT2D eigenvalue weighted by molar-refractivity contribution is -0.137. The van der Waals surface area contributed by atoms with Gasteiger partial charge in [0.25, 0.3) is 0 Å². The lowest BCUT2D eigenvalue weighted by atomic mass is 10.1. The van der Waals surface area contributed by atoms with Crippen LogP contribution in [0.3, 0.4) is 0 Å². The average molecular weight is 270 g/mol. The lowest BCUT2D eigenvalue weighted by Crippen LogP contribution is -2.18. The van der Waals surface area contributed by atoms with E-state index in [-0.39, 0.29) is 12.8 Å². The Balaban J connectivity index is 2.29. The number of carboxylic acid groups (broad SMARTS) is 1. The molecule has 6 heteroatoms. The van der Waals surface area contributed by atoms with Crippen molar-refractivity contribution in [1.82, 2.24) is 0 Å². The van der Waals surface area contributed by atoms with Crippen LogP contribution in [-0.2, 0) is 21.1 Å². The zero-order valence-electron chi connectivity index (χ0n) is 9.92. The van der Waals surface area contributed by atoms with Crippen LogP contribution in [0.2, 0.25) is 0 Å². The molecule has 98 valence electrons. The second kappa shape index (κ2) is 4.61. The minimum Gasteiger partial charge on any atom is -0.497 e. The highest BCUT2D eigenvalue weighted by atomic mass is 32.2. The SMILES string of the molecule is COc1ccc2c(c1)CC(CCC(=O)O)S2(=O)=O. The molecule has 0 aliphatic carbocycles. The Morgan fingerprint density at radius 3 is 2.83 bits per heavy atom. The smallest absolute Gasteiger partial charge is 0.303 e. The van der Waals surface area contributed by atoms with E-state index in [1.165, 1.54) is 13.2 Å². The quantitative estimate of drug-likeness (QED) is 0.890. The third-order valence-corrected chi connectivity index (χ3v) is 5.43. The van der Waals surface area contributed by atoms with Crippen LogP contribution >= 0.6 is 0 Å². The van der Waals surface area contributed by atoms with E-state index in [4.69, 9.17) is 9.84 Å². The largest absolute Gasteiger partial charge is 0.497 e. The van der Waals surface area contributed by atoms with Gasteiger partial charge in [0.1, 0.15) is 5.75 Å². The van der Waals surface area contributed by atoms with Crippen molar-refractivity contribution in [1.29, 1.82) is 0 Å². The van der Waals surface area contributed by atoms with Gasteiger partial charge in [-0.1, -0.05) is 0 Å². The van der Waals surface area contributed by atoms with Crippen LogP contribution in [-0.4, -0.2) is 31.9 Å². The summed E-state index contributed by atoms with van der Waals surface area (Å²) in [5.41, 5.74) is 0.713. The molecule has 1 N–H and O–H groups in total. The first-order valence-corrected chi connectivity index (χ1v) is 7.12. The van der Waals surface area contributed by atoms with Gasteiger partial charge in [0.2, 0.25) is 0 Å². The zero-order chi connectivity index (χ0) is 13.3. The Labute approximate surface area is 105 Å². The molecule has 1 aliphatic heterocycles. The molecule has 1 aromatic carbocycles. The molecule has 0 amide bonds. The Morgan fingerprint density at radius 2 is 2.22 bits per heavy atom. The Morgan fingerprint density at radius 1 is 1.50 bits per heavy atom. The van der Waals surface area contributed by atoms with Crippen LogP contribution in [0, 0.1) is 0 Å². The summed E-state index contributed by atoms with van der Waals surface area (Å²) in [6.45, 7) is 0. The van der Waals surface area contributed by atoms with Crippen LogP contribution in [0.1, 0.15) is 18.4 Å². The minimum absolute atomic E-state index is 0.130. The van der Waals surface area contributed by atoms with Crippen molar-refractivity contribution in [2.75, 3.05) is 7.11 Å². The third-order valence-electron chi connectivity index (χ3n) is 3.14. The Bertz CT molecular complexity index is 576. The highest BCUT2D eigenvalue weighted by Crippen LogP contribution is 2.35. The second-order valence-electron chi connectivity index (χ2n) is 4.28. The molecule has 0 fully saturated rings. The van der Waals surface area contributed by atoms with Crippen molar-refractivity contribution < 1.29 is 23.1 Å². The fraction of sp³-hybridized carbons (Fsp3) is 0.417. The number of ether oxygens (including phenoxy) is 1. The summed E-state index contributed by atoms with van der Waals surface area (Å²) in [7, 11) is -1.87. The summed E-state index contributed by atoms with van der Waals surface area (Å²) in [5.74, 6) is -0.360. The number of benzene rings is 1. The van der Waals surface area contributed by atoms with Gasteiger partial charge in [-0.3, -0.25) is 4.79 Å². The maximum Gasteiger partial charge on any atom is 0.303 e. The minimum atomic E-state index is -3.39. The zero-order valence-corrected chi connectivity index (χ0v) is 10.7. The molecule has 5 nitrogen and oxygen atoms in total. The number of fused-ring (bicyclic) bond motifs is 1. The molecule has 18 heavy (non-hydrogen) atoms. The molecule has 1 aromatic rings. The van der Waals surface area contributed by atoms with Gasteiger partial charge >= 0.3 is 5.97 Å². The van der Waals surface area contributed by atoms with Crippen molar-refractivity contribution >= 4 is 15.8 Å². The molecule has 1 aliphatic rings. The van der Waals surface area contributed by atoms with Crippen molar-refractivity contribution in [2.24, 2.45) is 0 Å². The molecule has 0 saturated heterocycles. The molecule has 0 spiro atoms. The van der Waals surface area contributed by atoms with Gasteiger partial charge in [-0.2, -0.15) is 0 Å². The molecule has 2 rings (SSSR count). The van der Waals surface area contributed by atoms with Gasteiger partial charge in [-0.25, -0.2) is 8.42 Å². The molecular formula is C12H14O5S. The summed E-state index contributed by atoms with van der Waals surface area (Å²) in [4.78, 5) is 10.8. The van der Waals surface area contributed by atoms with Crippen molar-refractivity contribution in [3.05, 3.63) is 23.8 Å². The number of aliphatic carboxylic acids is 1. The summed E-state index contributed by atoms with van der Waals surface area (Å²) >= 11 is 0. The highest BCUT2D eigenvalue weighted by Gasteiger charge is 2.37. The van der Waals surface area contributed by atoms with Crippen LogP contribution in [0.5, 0.6) is 5.75 Å². The number of hydrogen-bond donors (Lipinski definition) is 1. The molecule has 0 bridgehead atoms. The van der Waals surface area contributed by atoms with Crippen LogP contribution in [0.25, 0.3) is 0 Å². The second-order valence-corrected chi connectivity index (χ2v) is 6.47. The number of hydrogen-bond acceptors (Lipinski definition) is 4. The summed E-state index contributed by atoms with van der Waals surface area (Å²) in [5, 5.41) is 8.00. The standard InChI is InChI=1S/C12H14O5S/c1-17-9-2-4-11-8(6-9)7-10(18(11,15)16)3-5-12(13)14/h2,4,6,10H,3,5,7H2,1H3,(H,13,14). The van der Waals surface area contributed by atoms with Crippen LogP contribution in [0.15, 0.2) is 23.1 Å². The van der Waals surface area contributed by atoms with E-state index >= 15 is 0 Å². The molecule has 1 unspecified atom stereocenters. The molecule has 1 atom stereocenters. The summed E-state index contributed by atoms with van der Waals surface area (Å²) in [6.07, 6.45) is 0.381. The molecular weight excluding hydrogens is 256 g/mol. The lowest BCUT2D eigenvalue weighted by Gasteiger charge is -2.06. The van der Waals surface area contributed by atoms with Crippen molar-refractivity contribution in [2.45, 2.75) is 29.4 Å². The first-order chi connectivity index (χ1) is 8.45. The maximum absolute atomic E-state index is 12.2. The third kappa shape index (κ3) is 2.20. The van der Waals surface area contributed by atoms with Gasteiger partial charge < -0.3 is 9.84 Å². The van der Waals surface area contributed by atoms with Gasteiger partial charge in [-0.05, 0) is 36.6 Å². The van der Waals surface area contributed by atoms with E-state index in [0.29, 0.717) is 22.6 Å². The predicted octanol–water partition coefficient (Wildman–Crippen LogP) is 1.26. The van der Waals surface area contributed by atoms with Gasteiger partial charge in [0.05, 0.1) is 17.3 Å². The van der Waals surface area contributed by atoms with E-state index in [0.717, 1.165) is 0 Å². The van der Waals surface area contributed by atoms with Gasteiger partial charge in [-0.15, -0.1) is 0 Å². The monoisotopic (exact) mass is 270 g/mol. The Kier molecular flexibility index (Phi) is 3.30. The molecule has 0 aromatic heterocycles. The fourth-order valence-electron chi connectivity index (χ4n) is 2.20. The number of carboxylic acids is 1. The van der Waals surface area contributed by atoms with E-state index < -0.39 is 21.1 Å². The van der Waals surface area contributed by atoms with E-state index in [2.05, 4.69) is 0 Å². The number of methoxy groups -OCH3 is 1. The van der Waals surface area contributed by atoms with Gasteiger partial charge in [0, 0.05) is 6.42 Å². The fourth-order valence-corrected chi connectivity index (χ4v) is 4.15. The van der Waals surface area contributed by atoms with E-state index in [9.17, 15) is 13.2 Å². The maximum atomic E-state index is 12.2. The average Bonchev–Trinajstić information content (AvgIpc) is 2.57.